The van der Waals surface area contributed by atoms with Crippen LogP contribution in [0.25, 0.3) is 131 Å². The van der Waals surface area contributed by atoms with Crippen LogP contribution in [0.4, 0.5) is 0 Å². The molecular weight excluding hydrogens is 797 g/mol. The van der Waals surface area contributed by atoms with Gasteiger partial charge in [-0.25, -0.2) is 0 Å². The predicted octanol–water partition coefficient (Wildman–Crippen LogP) is 18.3. The molecule has 14 rings (SSSR count). The number of hydrogen-bond acceptors (Lipinski definition) is 1. The predicted molar refractivity (Wildman–Crippen MR) is 281 cm³/mol. The van der Waals surface area contributed by atoms with Gasteiger partial charge in [0, 0.05) is 21.8 Å². The van der Waals surface area contributed by atoms with E-state index in [9.17, 15) is 0 Å². The first-order valence-electron chi connectivity index (χ1n) is 23.1. The molecule has 0 unspecified atom stereocenters. The minimum atomic E-state index is -0.104. The zero-order valence-electron chi connectivity index (χ0n) is 36.7. The summed E-state index contributed by atoms with van der Waals surface area (Å²) in [6.07, 6.45) is 0. The Balaban J connectivity index is 0.987. The maximum atomic E-state index is 7.12. The summed E-state index contributed by atoms with van der Waals surface area (Å²) < 4.78 is 7.12. The van der Waals surface area contributed by atoms with Crippen molar-refractivity contribution in [3.8, 4) is 55.6 Å². The molecule has 0 aliphatic heterocycles. The SMILES string of the molecule is CC1(C)c2ccccc2-c2c1ccc1c2oc2cc(-c3ccc(-c4c5ccccc5c(-c5cccc(-c6cccc7ccccc67)c5)c5ccccc45)c4ccccc34)c3ccccc3c21. The van der Waals surface area contributed by atoms with Gasteiger partial charge in [0.15, 0.2) is 0 Å². The quantitative estimate of drug-likeness (QED) is 0.161. The van der Waals surface area contributed by atoms with Crippen molar-refractivity contribution in [2.24, 2.45) is 0 Å². The van der Waals surface area contributed by atoms with E-state index in [-0.39, 0.29) is 5.41 Å². The standard InChI is InChI=1S/C65H42O/c1-65(2)57-32-14-13-30-54(57)63-58(65)36-35-55-62-48-25-8-7-24-46(48)56(38-59(62)66-64(55)63)47-33-34-53(45-23-6-5-22-44(45)47)61-51-28-11-9-26-49(51)60(50-27-10-12-29-52(50)61)41-20-15-19-40(37-41)43-31-16-18-39-17-3-4-21-42(39)43/h3-38H,1-2H3. The van der Waals surface area contributed by atoms with Crippen LogP contribution in [0, 0.1) is 0 Å². The number of furan rings is 1. The topological polar surface area (TPSA) is 13.1 Å². The molecule has 0 amide bonds. The Bertz CT molecular complexity index is 4140. The van der Waals surface area contributed by atoms with E-state index in [1.165, 1.54) is 131 Å². The minimum absolute atomic E-state index is 0.104. The molecule has 1 aliphatic rings. The molecule has 66 heavy (non-hydrogen) atoms. The highest BCUT2D eigenvalue weighted by atomic mass is 16.3. The van der Waals surface area contributed by atoms with Crippen LogP contribution in [-0.2, 0) is 5.41 Å². The summed E-state index contributed by atoms with van der Waals surface area (Å²) in [4.78, 5) is 0. The fourth-order valence-electron chi connectivity index (χ4n) is 11.9. The molecule has 0 bridgehead atoms. The molecule has 0 N–H and O–H groups in total. The summed E-state index contributed by atoms with van der Waals surface area (Å²) in [5.41, 5.74) is 16.8. The number of hydrogen-bond donors (Lipinski definition) is 0. The van der Waals surface area contributed by atoms with Crippen molar-refractivity contribution in [1.29, 1.82) is 0 Å². The largest absolute Gasteiger partial charge is 0.455 e. The Kier molecular flexibility index (Phi) is 7.81. The van der Waals surface area contributed by atoms with Gasteiger partial charge in [-0.05, 0) is 127 Å². The highest BCUT2D eigenvalue weighted by Crippen LogP contribution is 2.54. The van der Waals surface area contributed by atoms with Crippen LogP contribution >= 0.6 is 0 Å². The third kappa shape index (κ3) is 5.17. The summed E-state index contributed by atoms with van der Waals surface area (Å²) in [6, 6.07) is 80.8. The monoisotopic (exact) mass is 838 g/mol. The molecule has 0 radical (unpaired) electrons. The molecule has 1 aromatic heterocycles. The van der Waals surface area contributed by atoms with Crippen molar-refractivity contribution in [3.63, 3.8) is 0 Å². The van der Waals surface area contributed by atoms with Crippen LogP contribution in [0.3, 0.4) is 0 Å². The molecule has 1 heteroatoms. The van der Waals surface area contributed by atoms with Gasteiger partial charge < -0.3 is 4.42 Å². The third-order valence-corrected chi connectivity index (χ3v) is 14.9. The van der Waals surface area contributed by atoms with Crippen LogP contribution in [0.2, 0.25) is 0 Å². The third-order valence-electron chi connectivity index (χ3n) is 14.9. The highest BCUT2D eigenvalue weighted by molar-refractivity contribution is 6.27. The van der Waals surface area contributed by atoms with E-state index >= 15 is 0 Å². The van der Waals surface area contributed by atoms with Crippen molar-refractivity contribution in [2.45, 2.75) is 19.3 Å². The first kappa shape index (κ1) is 37.1. The average Bonchev–Trinajstić information content (AvgIpc) is 3.87. The molecule has 0 spiro atoms. The maximum absolute atomic E-state index is 7.12. The summed E-state index contributed by atoms with van der Waals surface area (Å²) >= 11 is 0. The van der Waals surface area contributed by atoms with Gasteiger partial charge in [-0.15, -0.1) is 0 Å². The molecule has 1 heterocycles. The zero-order chi connectivity index (χ0) is 43.7. The second-order valence-electron chi connectivity index (χ2n) is 18.6. The number of benzene rings is 12. The molecular formula is C65H42O. The van der Waals surface area contributed by atoms with Gasteiger partial charge >= 0.3 is 0 Å². The smallest absolute Gasteiger partial charge is 0.143 e. The molecule has 308 valence electrons. The lowest BCUT2D eigenvalue weighted by atomic mass is 9.82. The van der Waals surface area contributed by atoms with Gasteiger partial charge in [-0.1, -0.05) is 220 Å². The van der Waals surface area contributed by atoms with Gasteiger partial charge in [-0.2, -0.15) is 0 Å². The Hall–Kier alpha value is -8.26. The second kappa shape index (κ2) is 13.9. The van der Waals surface area contributed by atoms with E-state index in [2.05, 4.69) is 232 Å². The van der Waals surface area contributed by atoms with Gasteiger partial charge in [-0.3, -0.25) is 0 Å². The van der Waals surface area contributed by atoms with Crippen LogP contribution in [0.15, 0.2) is 223 Å². The molecule has 0 saturated heterocycles. The van der Waals surface area contributed by atoms with Crippen LogP contribution in [0.5, 0.6) is 0 Å². The Morgan fingerprint density at radius 1 is 0.303 bits per heavy atom. The molecule has 0 atom stereocenters. The lowest BCUT2D eigenvalue weighted by molar-refractivity contribution is 0.653. The van der Waals surface area contributed by atoms with Crippen molar-refractivity contribution in [3.05, 3.63) is 230 Å². The van der Waals surface area contributed by atoms with Crippen LogP contribution < -0.4 is 0 Å². The number of fused-ring (bicyclic) bond motifs is 13. The summed E-state index contributed by atoms with van der Waals surface area (Å²) in [5.74, 6) is 0. The number of rotatable bonds is 4. The molecule has 13 aromatic rings. The van der Waals surface area contributed by atoms with E-state index in [0.717, 1.165) is 11.2 Å². The van der Waals surface area contributed by atoms with Gasteiger partial charge in [0.05, 0.1) is 0 Å². The highest BCUT2D eigenvalue weighted by Gasteiger charge is 2.37. The van der Waals surface area contributed by atoms with Gasteiger partial charge in [0.25, 0.3) is 0 Å². The van der Waals surface area contributed by atoms with E-state index in [1.54, 1.807) is 0 Å². The molecule has 1 aliphatic carbocycles. The van der Waals surface area contributed by atoms with Crippen LogP contribution in [-0.4, -0.2) is 0 Å². The van der Waals surface area contributed by atoms with E-state index in [4.69, 9.17) is 4.42 Å². The van der Waals surface area contributed by atoms with Crippen LogP contribution in [0.1, 0.15) is 25.0 Å². The first-order valence-corrected chi connectivity index (χ1v) is 23.1. The first-order chi connectivity index (χ1) is 32.5. The van der Waals surface area contributed by atoms with Crippen molar-refractivity contribution in [1.82, 2.24) is 0 Å². The van der Waals surface area contributed by atoms with Crippen molar-refractivity contribution < 1.29 is 4.42 Å². The maximum Gasteiger partial charge on any atom is 0.143 e. The zero-order valence-corrected chi connectivity index (χ0v) is 36.7. The van der Waals surface area contributed by atoms with E-state index in [0.29, 0.717) is 0 Å². The average molecular weight is 839 g/mol. The normalized spacial score (nSPS) is 13.1. The fraction of sp³-hybridized carbons (Fsp3) is 0.0462. The second-order valence-corrected chi connectivity index (χ2v) is 18.6. The Morgan fingerprint density at radius 2 is 0.833 bits per heavy atom. The molecule has 12 aromatic carbocycles. The lowest BCUT2D eigenvalue weighted by Gasteiger charge is -2.21. The molecule has 1 nitrogen and oxygen atoms in total. The lowest BCUT2D eigenvalue weighted by Crippen LogP contribution is -2.14. The van der Waals surface area contributed by atoms with Crippen molar-refractivity contribution >= 4 is 75.8 Å². The van der Waals surface area contributed by atoms with Crippen molar-refractivity contribution in [2.75, 3.05) is 0 Å². The van der Waals surface area contributed by atoms with E-state index in [1.807, 2.05) is 0 Å². The Labute approximate surface area is 382 Å². The molecule has 0 saturated carbocycles. The van der Waals surface area contributed by atoms with Gasteiger partial charge in [0.1, 0.15) is 11.2 Å². The molecule has 0 fully saturated rings. The van der Waals surface area contributed by atoms with E-state index < -0.39 is 0 Å². The fourth-order valence-corrected chi connectivity index (χ4v) is 11.9. The summed E-state index contributed by atoms with van der Waals surface area (Å²) in [7, 11) is 0. The Morgan fingerprint density at radius 3 is 1.58 bits per heavy atom. The minimum Gasteiger partial charge on any atom is -0.455 e. The van der Waals surface area contributed by atoms with Gasteiger partial charge in [0.2, 0.25) is 0 Å². The summed E-state index contributed by atoms with van der Waals surface area (Å²) in [5, 5.41) is 14.7. The summed E-state index contributed by atoms with van der Waals surface area (Å²) in [6.45, 7) is 4.67.